The molecule has 1 atom stereocenters. The Hall–Kier alpha value is -2.17. The van der Waals surface area contributed by atoms with E-state index >= 15 is 0 Å². The van der Waals surface area contributed by atoms with Crippen LogP contribution in [0.15, 0.2) is 48.5 Å². The number of carbonyl (C=O) groups is 1. The Labute approximate surface area is 162 Å². The van der Waals surface area contributed by atoms with Crippen LogP contribution < -0.4 is 10.2 Å². The van der Waals surface area contributed by atoms with Gasteiger partial charge in [0.1, 0.15) is 0 Å². The van der Waals surface area contributed by atoms with Crippen molar-refractivity contribution in [3.8, 4) is 0 Å². The number of likely N-dealkylation sites (N-methyl/N-ethyl adjacent to an activating group) is 1. The monoisotopic (exact) mass is 366 g/mol. The number of nitrogens with one attached hydrogen (secondary N) is 1. The van der Waals surface area contributed by atoms with Gasteiger partial charge in [-0.1, -0.05) is 36.8 Å². The van der Waals surface area contributed by atoms with Crippen molar-refractivity contribution in [3.05, 3.63) is 65.2 Å². The molecule has 1 heterocycles. The Morgan fingerprint density at radius 2 is 1.70 bits per heavy atom. The summed E-state index contributed by atoms with van der Waals surface area (Å²) in [5.74, 6) is 0.154. The molecule has 0 bridgehead atoms. The molecule has 0 aliphatic carbocycles. The third-order valence-electron chi connectivity index (χ3n) is 5.65. The lowest BCUT2D eigenvalue weighted by atomic mass is 9.81. The van der Waals surface area contributed by atoms with Gasteiger partial charge in [0.25, 0.3) is 0 Å². The van der Waals surface area contributed by atoms with Crippen LogP contribution in [-0.2, 0) is 11.2 Å². The second-order valence-electron chi connectivity index (χ2n) is 7.32. The molecule has 1 fully saturated rings. The first-order chi connectivity index (χ1) is 13.1. The molecule has 3 rings (SSSR count). The van der Waals surface area contributed by atoms with E-state index in [9.17, 15) is 4.79 Å². The molecule has 0 radical (unpaired) electrons. The van der Waals surface area contributed by atoms with Crippen molar-refractivity contribution in [1.29, 1.82) is 0 Å². The summed E-state index contributed by atoms with van der Waals surface area (Å²) >= 11 is 0. The van der Waals surface area contributed by atoms with Gasteiger partial charge in [-0.25, -0.2) is 0 Å². The van der Waals surface area contributed by atoms with Gasteiger partial charge < -0.3 is 15.0 Å². The number of hydrogen-bond acceptors (Lipinski definition) is 4. The summed E-state index contributed by atoms with van der Waals surface area (Å²) in [4.78, 5) is 15.7. The van der Waals surface area contributed by atoms with Gasteiger partial charge in [0.2, 0.25) is 0 Å². The number of rotatable bonds is 7. The number of carbonyl (C=O) groups excluding carboxylic acids is 1. The predicted octanol–water partition coefficient (Wildman–Crippen LogP) is 3.63. The average Bonchev–Trinajstić information content (AvgIpc) is 2.74. The van der Waals surface area contributed by atoms with Gasteiger partial charge in [-0.15, -0.1) is 0 Å². The number of nitrogens with zero attached hydrogens (tertiary/aromatic N) is 1. The van der Waals surface area contributed by atoms with Crippen LogP contribution in [0.5, 0.6) is 0 Å². The van der Waals surface area contributed by atoms with Crippen molar-refractivity contribution in [1.82, 2.24) is 5.32 Å². The normalized spacial score (nSPS) is 16.8. The van der Waals surface area contributed by atoms with Gasteiger partial charge in [-0.3, -0.25) is 4.79 Å². The number of Topliss-reactive ketones (excluding diaryl/α,β-unsaturated/α-hetero) is 1. The lowest BCUT2D eigenvalue weighted by Gasteiger charge is -2.32. The van der Waals surface area contributed by atoms with Crippen molar-refractivity contribution in [2.45, 2.75) is 32.2 Å². The van der Waals surface area contributed by atoms with Crippen LogP contribution >= 0.6 is 0 Å². The third-order valence-corrected chi connectivity index (χ3v) is 5.65. The van der Waals surface area contributed by atoms with E-state index in [0.29, 0.717) is 6.42 Å². The molecule has 1 unspecified atom stereocenters. The van der Waals surface area contributed by atoms with Crippen LogP contribution in [-0.4, -0.2) is 44.7 Å². The third kappa shape index (κ3) is 4.40. The van der Waals surface area contributed by atoms with E-state index in [0.717, 1.165) is 44.0 Å². The molecule has 1 N–H and O–H groups in total. The van der Waals surface area contributed by atoms with Crippen LogP contribution in [0.2, 0.25) is 0 Å². The molecule has 0 aromatic heterocycles. The predicted molar refractivity (Wildman–Crippen MR) is 111 cm³/mol. The summed E-state index contributed by atoms with van der Waals surface area (Å²) in [6, 6.07) is 16.5. The fourth-order valence-corrected chi connectivity index (χ4v) is 3.72. The topological polar surface area (TPSA) is 41.6 Å². The van der Waals surface area contributed by atoms with E-state index in [4.69, 9.17) is 4.74 Å². The number of hydrogen-bond donors (Lipinski definition) is 1. The highest BCUT2D eigenvalue weighted by Crippen LogP contribution is 2.25. The highest BCUT2D eigenvalue weighted by Gasteiger charge is 2.35. The largest absolute Gasteiger partial charge is 0.378 e. The number of anilines is 1. The smallest absolute Gasteiger partial charge is 0.183 e. The number of morpholine rings is 1. The van der Waals surface area contributed by atoms with E-state index < -0.39 is 5.54 Å². The van der Waals surface area contributed by atoms with Gasteiger partial charge in [0, 0.05) is 24.3 Å². The van der Waals surface area contributed by atoms with Crippen LogP contribution in [0.25, 0.3) is 0 Å². The second-order valence-corrected chi connectivity index (χ2v) is 7.32. The van der Waals surface area contributed by atoms with E-state index in [1.165, 1.54) is 11.1 Å². The zero-order chi connectivity index (χ0) is 19.3. The molecule has 0 amide bonds. The van der Waals surface area contributed by atoms with Crippen LogP contribution in [0.4, 0.5) is 5.69 Å². The van der Waals surface area contributed by atoms with Crippen molar-refractivity contribution in [3.63, 3.8) is 0 Å². The van der Waals surface area contributed by atoms with Crippen LogP contribution in [0, 0.1) is 6.92 Å². The molecule has 1 aliphatic heterocycles. The summed E-state index contributed by atoms with van der Waals surface area (Å²) in [6.07, 6.45) is 1.42. The minimum Gasteiger partial charge on any atom is -0.378 e. The molecule has 1 saturated heterocycles. The lowest BCUT2D eigenvalue weighted by Crippen LogP contribution is -2.51. The molecule has 0 saturated carbocycles. The van der Waals surface area contributed by atoms with E-state index in [1.807, 2.05) is 19.2 Å². The van der Waals surface area contributed by atoms with Gasteiger partial charge in [0.05, 0.1) is 18.8 Å². The quantitative estimate of drug-likeness (QED) is 0.760. The second kappa shape index (κ2) is 8.68. The van der Waals surface area contributed by atoms with E-state index in [1.54, 1.807) is 0 Å². The van der Waals surface area contributed by atoms with Crippen molar-refractivity contribution in [2.75, 3.05) is 38.3 Å². The van der Waals surface area contributed by atoms with E-state index in [-0.39, 0.29) is 5.78 Å². The molecular formula is C23H30N2O2. The molecule has 4 nitrogen and oxygen atoms in total. The van der Waals surface area contributed by atoms with Gasteiger partial charge in [-0.2, -0.15) is 0 Å². The molecule has 27 heavy (non-hydrogen) atoms. The number of ketones is 1. The standard InChI is InChI=1S/C23H30N2O2/c1-4-23(24-3,17-19-7-5-18(2)6-8-19)22(26)20-9-11-21(12-10-20)25-13-15-27-16-14-25/h5-12,24H,4,13-17H2,1-3H3. The van der Waals surface area contributed by atoms with Crippen LogP contribution in [0.3, 0.4) is 0 Å². The maximum atomic E-state index is 13.4. The molecule has 2 aromatic carbocycles. The molecule has 144 valence electrons. The minimum atomic E-state index is -0.588. The fraction of sp³-hybridized carbons (Fsp3) is 0.435. The molecule has 0 spiro atoms. The zero-order valence-corrected chi connectivity index (χ0v) is 16.6. The number of aryl methyl sites for hydroxylation is 1. The van der Waals surface area contributed by atoms with Gasteiger partial charge in [-0.05, 0) is 56.6 Å². The van der Waals surface area contributed by atoms with Gasteiger partial charge >= 0.3 is 0 Å². The van der Waals surface area contributed by atoms with Crippen molar-refractivity contribution >= 4 is 11.5 Å². The van der Waals surface area contributed by atoms with Crippen molar-refractivity contribution < 1.29 is 9.53 Å². The summed E-state index contributed by atoms with van der Waals surface area (Å²) < 4.78 is 5.42. The molecule has 4 heteroatoms. The Morgan fingerprint density at radius 3 is 2.26 bits per heavy atom. The minimum absolute atomic E-state index is 0.154. The summed E-state index contributed by atoms with van der Waals surface area (Å²) in [5, 5.41) is 3.33. The average molecular weight is 367 g/mol. The summed E-state index contributed by atoms with van der Waals surface area (Å²) in [7, 11) is 1.89. The molecular weight excluding hydrogens is 336 g/mol. The van der Waals surface area contributed by atoms with Crippen molar-refractivity contribution in [2.24, 2.45) is 0 Å². The molecule has 1 aliphatic rings. The summed E-state index contributed by atoms with van der Waals surface area (Å²) in [5.41, 5.74) is 3.73. The first kappa shape index (κ1) is 19.6. The van der Waals surface area contributed by atoms with Gasteiger partial charge in [0.15, 0.2) is 5.78 Å². The Morgan fingerprint density at radius 1 is 1.07 bits per heavy atom. The first-order valence-corrected chi connectivity index (χ1v) is 9.80. The maximum Gasteiger partial charge on any atom is 0.183 e. The van der Waals surface area contributed by atoms with E-state index in [2.05, 4.69) is 60.5 Å². The highest BCUT2D eigenvalue weighted by molar-refractivity contribution is 6.03. The fourth-order valence-electron chi connectivity index (χ4n) is 3.72. The lowest BCUT2D eigenvalue weighted by molar-refractivity contribution is 0.0851. The maximum absolute atomic E-state index is 13.4. The number of benzene rings is 2. The highest BCUT2D eigenvalue weighted by atomic mass is 16.5. The SMILES string of the molecule is CCC(Cc1ccc(C)cc1)(NC)C(=O)c1ccc(N2CCOCC2)cc1. The Kier molecular flexibility index (Phi) is 6.30. The number of ether oxygens (including phenoxy) is 1. The summed E-state index contributed by atoms with van der Waals surface area (Å²) in [6.45, 7) is 7.47. The molecule has 2 aromatic rings. The zero-order valence-electron chi connectivity index (χ0n) is 16.6. The Balaban J connectivity index is 1.80. The first-order valence-electron chi connectivity index (χ1n) is 9.80. The van der Waals surface area contributed by atoms with Crippen LogP contribution in [0.1, 0.15) is 34.8 Å². The Bertz CT molecular complexity index is 743.